The molecular formula is C10H14N4. The fourth-order valence-corrected chi connectivity index (χ4v) is 1.40. The number of hydrogen-bond acceptors (Lipinski definition) is 3. The van der Waals surface area contributed by atoms with Gasteiger partial charge < -0.3 is 5.32 Å². The Morgan fingerprint density at radius 1 is 1.43 bits per heavy atom. The van der Waals surface area contributed by atoms with Gasteiger partial charge in [-0.1, -0.05) is 6.92 Å². The van der Waals surface area contributed by atoms with Gasteiger partial charge in [-0.15, -0.1) is 0 Å². The number of aromatic nitrogens is 3. The second-order valence-corrected chi connectivity index (χ2v) is 3.26. The second kappa shape index (κ2) is 3.65. The summed E-state index contributed by atoms with van der Waals surface area (Å²) >= 11 is 0. The molecule has 0 saturated heterocycles. The first-order chi connectivity index (χ1) is 6.81. The van der Waals surface area contributed by atoms with E-state index in [1.165, 1.54) is 0 Å². The van der Waals surface area contributed by atoms with Crippen LogP contribution in [0, 0.1) is 6.92 Å². The standard InChI is InChI=1S/C10H14N4/c1-3-6-11-10-13-8(2)12-9-5-4-7-14(9)10/h4-5,7H,3,6H2,1-2H3,(H,11,12,13). The smallest absolute Gasteiger partial charge is 0.210 e. The molecule has 2 aromatic rings. The molecule has 0 fully saturated rings. The van der Waals surface area contributed by atoms with Crippen molar-refractivity contribution in [3.8, 4) is 0 Å². The van der Waals surface area contributed by atoms with Crippen LogP contribution in [0.1, 0.15) is 19.2 Å². The van der Waals surface area contributed by atoms with E-state index >= 15 is 0 Å². The highest BCUT2D eigenvalue weighted by Gasteiger charge is 2.02. The fourth-order valence-electron chi connectivity index (χ4n) is 1.40. The Bertz CT molecular complexity index is 433. The molecule has 4 nitrogen and oxygen atoms in total. The summed E-state index contributed by atoms with van der Waals surface area (Å²) in [6.07, 6.45) is 3.05. The van der Waals surface area contributed by atoms with Crippen LogP contribution >= 0.6 is 0 Å². The topological polar surface area (TPSA) is 42.2 Å². The quantitative estimate of drug-likeness (QED) is 0.803. The third-order valence-electron chi connectivity index (χ3n) is 2.03. The highest BCUT2D eigenvalue weighted by molar-refractivity contribution is 5.45. The largest absolute Gasteiger partial charge is 0.355 e. The van der Waals surface area contributed by atoms with E-state index in [4.69, 9.17) is 0 Å². The highest BCUT2D eigenvalue weighted by atomic mass is 15.2. The Morgan fingerprint density at radius 3 is 3.07 bits per heavy atom. The van der Waals surface area contributed by atoms with Crippen LogP contribution in [-0.2, 0) is 0 Å². The first-order valence-corrected chi connectivity index (χ1v) is 4.87. The average Bonchev–Trinajstić information content (AvgIpc) is 2.61. The third-order valence-corrected chi connectivity index (χ3v) is 2.03. The number of rotatable bonds is 3. The summed E-state index contributed by atoms with van der Waals surface area (Å²) in [6.45, 7) is 4.97. The molecule has 0 amide bonds. The molecule has 0 aromatic carbocycles. The van der Waals surface area contributed by atoms with E-state index in [9.17, 15) is 0 Å². The van der Waals surface area contributed by atoms with E-state index < -0.39 is 0 Å². The van der Waals surface area contributed by atoms with Crippen molar-refractivity contribution in [3.63, 3.8) is 0 Å². The van der Waals surface area contributed by atoms with E-state index in [2.05, 4.69) is 22.2 Å². The SMILES string of the molecule is CCCNc1nc(C)nc2cccn12. The van der Waals surface area contributed by atoms with Gasteiger partial charge in [0.05, 0.1) is 0 Å². The van der Waals surface area contributed by atoms with Crippen LogP contribution in [-0.4, -0.2) is 20.9 Å². The summed E-state index contributed by atoms with van der Waals surface area (Å²) in [5.74, 6) is 1.68. The monoisotopic (exact) mass is 190 g/mol. The van der Waals surface area contributed by atoms with Crippen LogP contribution in [0.3, 0.4) is 0 Å². The summed E-state index contributed by atoms with van der Waals surface area (Å²) in [4.78, 5) is 8.67. The molecule has 2 aromatic heterocycles. The van der Waals surface area contributed by atoms with Crippen LogP contribution in [0.2, 0.25) is 0 Å². The zero-order chi connectivity index (χ0) is 9.97. The van der Waals surface area contributed by atoms with E-state index in [0.29, 0.717) is 0 Å². The molecule has 0 spiro atoms. The van der Waals surface area contributed by atoms with Crippen molar-refractivity contribution in [2.45, 2.75) is 20.3 Å². The van der Waals surface area contributed by atoms with Gasteiger partial charge >= 0.3 is 0 Å². The van der Waals surface area contributed by atoms with Crippen LogP contribution in [0.5, 0.6) is 0 Å². The van der Waals surface area contributed by atoms with Gasteiger partial charge in [0.1, 0.15) is 11.5 Å². The molecule has 4 heteroatoms. The lowest BCUT2D eigenvalue weighted by Gasteiger charge is -2.07. The van der Waals surface area contributed by atoms with Gasteiger partial charge in [0.2, 0.25) is 5.95 Å². The van der Waals surface area contributed by atoms with E-state index in [-0.39, 0.29) is 0 Å². The molecule has 0 bridgehead atoms. The molecule has 0 aliphatic carbocycles. The van der Waals surface area contributed by atoms with Crippen LogP contribution < -0.4 is 5.32 Å². The molecule has 0 unspecified atom stereocenters. The zero-order valence-electron chi connectivity index (χ0n) is 8.49. The number of aryl methyl sites for hydroxylation is 1. The van der Waals surface area contributed by atoms with Crippen LogP contribution in [0.4, 0.5) is 5.95 Å². The van der Waals surface area contributed by atoms with Crippen molar-refractivity contribution in [3.05, 3.63) is 24.2 Å². The third kappa shape index (κ3) is 1.55. The minimum atomic E-state index is 0.801. The lowest BCUT2D eigenvalue weighted by Crippen LogP contribution is -2.08. The summed E-state index contributed by atoms with van der Waals surface area (Å²) in [6, 6.07) is 3.95. The molecule has 2 rings (SSSR count). The van der Waals surface area contributed by atoms with Crippen LogP contribution in [0.15, 0.2) is 18.3 Å². The maximum Gasteiger partial charge on any atom is 0.210 e. The average molecular weight is 190 g/mol. The fraction of sp³-hybridized carbons (Fsp3) is 0.400. The van der Waals surface area contributed by atoms with Crippen molar-refractivity contribution in [2.24, 2.45) is 0 Å². The zero-order valence-corrected chi connectivity index (χ0v) is 8.49. The molecule has 14 heavy (non-hydrogen) atoms. The van der Waals surface area contributed by atoms with E-state index in [0.717, 1.165) is 30.4 Å². The van der Waals surface area contributed by atoms with E-state index in [1.807, 2.05) is 29.7 Å². The number of nitrogens with zero attached hydrogens (tertiary/aromatic N) is 3. The van der Waals surface area contributed by atoms with Gasteiger partial charge in [-0.2, -0.15) is 4.98 Å². The summed E-state index contributed by atoms with van der Waals surface area (Å²) < 4.78 is 1.96. The number of hydrogen-bond donors (Lipinski definition) is 1. The summed E-state index contributed by atoms with van der Waals surface area (Å²) in [5.41, 5.74) is 0.941. The van der Waals surface area contributed by atoms with Crippen molar-refractivity contribution in [1.29, 1.82) is 0 Å². The Hall–Kier alpha value is -1.58. The molecule has 0 aliphatic heterocycles. The van der Waals surface area contributed by atoms with Crippen LogP contribution in [0.25, 0.3) is 5.65 Å². The van der Waals surface area contributed by atoms with Gasteiger partial charge in [0, 0.05) is 12.7 Å². The Morgan fingerprint density at radius 2 is 2.29 bits per heavy atom. The number of nitrogens with one attached hydrogen (secondary N) is 1. The predicted octanol–water partition coefficient (Wildman–Crippen LogP) is 1.86. The minimum absolute atomic E-state index is 0.801. The highest BCUT2D eigenvalue weighted by Crippen LogP contribution is 2.09. The van der Waals surface area contributed by atoms with Gasteiger partial charge in [-0.3, -0.25) is 4.40 Å². The normalized spacial score (nSPS) is 10.7. The molecule has 74 valence electrons. The maximum atomic E-state index is 4.35. The predicted molar refractivity (Wildman–Crippen MR) is 56.5 cm³/mol. The Balaban J connectivity index is 2.44. The molecular weight excluding hydrogens is 176 g/mol. The van der Waals surface area contributed by atoms with Gasteiger partial charge in [-0.05, 0) is 25.5 Å². The second-order valence-electron chi connectivity index (χ2n) is 3.26. The molecule has 0 aliphatic rings. The van der Waals surface area contributed by atoms with Crippen molar-refractivity contribution >= 4 is 11.6 Å². The maximum absolute atomic E-state index is 4.35. The van der Waals surface area contributed by atoms with Gasteiger partial charge in [-0.25, -0.2) is 4.98 Å². The summed E-state index contributed by atoms with van der Waals surface area (Å²) in [5, 5.41) is 3.28. The Kier molecular flexibility index (Phi) is 2.35. The van der Waals surface area contributed by atoms with Crippen molar-refractivity contribution in [2.75, 3.05) is 11.9 Å². The minimum Gasteiger partial charge on any atom is -0.355 e. The van der Waals surface area contributed by atoms with Gasteiger partial charge in [0.15, 0.2) is 0 Å². The number of anilines is 1. The molecule has 2 heterocycles. The van der Waals surface area contributed by atoms with E-state index in [1.54, 1.807) is 0 Å². The molecule has 1 N–H and O–H groups in total. The molecule has 0 atom stereocenters. The van der Waals surface area contributed by atoms with Crippen molar-refractivity contribution < 1.29 is 0 Å². The van der Waals surface area contributed by atoms with Gasteiger partial charge in [0.25, 0.3) is 0 Å². The lowest BCUT2D eigenvalue weighted by atomic mass is 10.5. The molecule has 0 saturated carbocycles. The first kappa shape index (κ1) is 8.99. The Labute approximate surface area is 83.0 Å². The number of fused-ring (bicyclic) bond motifs is 1. The van der Waals surface area contributed by atoms with Crippen molar-refractivity contribution in [1.82, 2.24) is 14.4 Å². The first-order valence-electron chi connectivity index (χ1n) is 4.87. The summed E-state index contributed by atoms with van der Waals surface area (Å²) in [7, 11) is 0. The molecule has 0 radical (unpaired) electrons. The lowest BCUT2D eigenvalue weighted by molar-refractivity contribution is 0.910.